The van der Waals surface area contributed by atoms with Gasteiger partial charge in [0.25, 0.3) is 0 Å². The topological polar surface area (TPSA) is 24.1 Å². The molecular weight excluding hydrogens is 156 g/mol. The molecule has 11 heavy (non-hydrogen) atoms. The molecule has 3 heteroatoms. The highest BCUT2D eigenvalue weighted by atomic mass is 32.2. The van der Waals surface area contributed by atoms with Gasteiger partial charge >= 0.3 is 0 Å². The van der Waals surface area contributed by atoms with Crippen molar-refractivity contribution in [1.29, 1.82) is 0 Å². The van der Waals surface area contributed by atoms with Crippen LogP contribution in [0.25, 0.3) is 0 Å². The minimum absolute atomic E-state index is 0.449. The van der Waals surface area contributed by atoms with E-state index in [1.54, 1.807) is 0 Å². The molecule has 2 saturated heterocycles. The van der Waals surface area contributed by atoms with Crippen LogP contribution in [0.1, 0.15) is 19.8 Å². The van der Waals surface area contributed by atoms with Crippen LogP contribution >= 0.6 is 11.8 Å². The molecule has 2 fully saturated rings. The van der Waals surface area contributed by atoms with Crippen LogP contribution < -0.4 is 10.6 Å². The van der Waals surface area contributed by atoms with Crippen molar-refractivity contribution in [3.8, 4) is 0 Å². The summed E-state index contributed by atoms with van der Waals surface area (Å²) >= 11 is 2.14. The normalized spacial score (nSPS) is 36.3. The van der Waals surface area contributed by atoms with E-state index in [1.807, 2.05) is 0 Å². The van der Waals surface area contributed by atoms with Crippen LogP contribution in [0.3, 0.4) is 0 Å². The summed E-state index contributed by atoms with van der Waals surface area (Å²) in [6.07, 6.45) is 2.59. The maximum Gasteiger partial charge on any atom is 0.0673 e. The Morgan fingerprint density at radius 3 is 2.64 bits per heavy atom. The molecular formula is C8H16N2S. The third-order valence-electron chi connectivity index (χ3n) is 2.55. The van der Waals surface area contributed by atoms with Crippen LogP contribution in [0, 0.1) is 0 Å². The zero-order valence-corrected chi connectivity index (χ0v) is 7.84. The summed E-state index contributed by atoms with van der Waals surface area (Å²) in [5, 5.41) is 7.86. The number of rotatable bonds is 0. The van der Waals surface area contributed by atoms with Crippen molar-refractivity contribution in [2.45, 2.75) is 29.9 Å². The molecule has 0 aromatic carbocycles. The lowest BCUT2D eigenvalue weighted by atomic mass is 10.1. The lowest BCUT2D eigenvalue weighted by Crippen LogP contribution is -2.46. The summed E-state index contributed by atoms with van der Waals surface area (Å²) in [4.78, 5) is 0.449. The standard InChI is InChI=1S/C8H16N2S/c1-7-6-10-8(11-7)2-4-9-5-3-8/h7,9-10H,2-6H2,1H3. The van der Waals surface area contributed by atoms with Gasteiger partial charge in [0, 0.05) is 11.8 Å². The van der Waals surface area contributed by atoms with Gasteiger partial charge in [0.2, 0.25) is 0 Å². The summed E-state index contributed by atoms with van der Waals surface area (Å²) in [7, 11) is 0. The van der Waals surface area contributed by atoms with Gasteiger partial charge in [-0.05, 0) is 25.9 Å². The number of hydrogen-bond donors (Lipinski definition) is 2. The number of piperidine rings is 1. The van der Waals surface area contributed by atoms with Gasteiger partial charge in [-0.3, -0.25) is 0 Å². The maximum atomic E-state index is 3.64. The molecule has 0 aromatic rings. The van der Waals surface area contributed by atoms with E-state index < -0.39 is 0 Å². The molecule has 0 radical (unpaired) electrons. The van der Waals surface area contributed by atoms with Crippen molar-refractivity contribution < 1.29 is 0 Å². The van der Waals surface area contributed by atoms with Crippen LogP contribution in [-0.4, -0.2) is 29.8 Å². The molecule has 2 N–H and O–H groups in total. The van der Waals surface area contributed by atoms with Crippen LogP contribution in [-0.2, 0) is 0 Å². The van der Waals surface area contributed by atoms with E-state index in [1.165, 1.54) is 32.5 Å². The zero-order chi connectivity index (χ0) is 7.73. The monoisotopic (exact) mass is 172 g/mol. The Balaban J connectivity index is 1.98. The van der Waals surface area contributed by atoms with E-state index in [0.29, 0.717) is 4.87 Å². The predicted octanol–water partition coefficient (Wildman–Crippen LogP) is 0.791. The predicted molar refractivity (Wildman–Crippen MR) is 49.9 cm³/mol. The summed E-state index contributed by atoms with van der Waals surface area (Å²) in [5.74, 6) is 0. The lowest BCUT2D eigenvalue weighted by molar-refractivity contribution is 0.370. The first-order chi connectivity index (χ1) is 5.31. The molecule has 2 heterocycles. The second-order valence-electron chi connectivity index (χ2n) is 3.55. The first-order valence-electron chi connectivity index (χ1n) is 4.44. The van der Waals surface area contributed by atoms with Gasteiger partial charge in [0.1, 0.15) is 0 Å². The van der Waals surface area contributed by atoms with Gasteiger partial charge in [-0.2, -0.15) is 0 Å². The molecule has 2 aliphatic rings. The quantitative estimate of drug-likeness (QED) is 0.565. The van der Waals surface area contributed by atoms with Crippen molar-refractivity contribution in [3.05, 3.63) is 0 Å². The van der Waals surface area contributed by atoms with Crippen LogP contribution in [0.4, 0.5) is 0 Å². The second kappa shape index (κ2) is 2.96. The molecule has 0 bridgehead atoms. The van der Waals surface area contributed by atoms with E-state index in [4.69, 9.17) is 0 Å². The largest absolute Gasteiger partial charge is 0.317 e. The summed E-state index contributed by atoms with van der Waals surface area (Å²) < 4.78 is 0. The van der Waals surface area contributed by atoms with E-state index in [0.717, 1.165) is 5.25 Å². The average Bonchev–Trinajstić information content (AvgIpc) is 2.34. The summed E-state index contributed by atoms with van der Waals surface area (Å²) in [5.41, 5.74) is 0. The first-order valence-corrected chi connectivity index (χ1v) is 5.32. The zero-order valence-electron chi connectivity index (χ0n) is 7.02. The molecule has 64 valence electrons. The maximum absolute atomic E-state index is 3.64. The van der Waals surface area contributed by atoms with E-state index in [2.05, 4.69) is 29.3 Å². The van der Waals surface area contributed by atoms with E-state index >= 15 is 0 Å². The van der Waals surface area contributed by atoms with Crippen molar-refractivity contribution in [2.75, 3.05) is 19.6 Å². The molecule has 2 aliphatic heterocycles. The van der Waals surface area contributed by atoms with E-state index in [-0.39, 0.29) is 0 Å². The van der Waals surface area contributed by atoms with Gasteiger partial charge in [0.15, 0.2) is 0 Å². The van der Waals surface area contributed by atoms with Crippen molar-refractivity contribution in [2.24, 2.45) is 0 Å². The SMILES string of the molecule is CC1CNC2(CCNCC2)S1. The Kier molecular flexibility index (Phi) is 2.12. The smallest absolute Gasteiger partial charge is 0.0673 e. The highest BCUT2D eigenvalue weighted by molar-refractivity contribution is 8.01. The van der Waals surface area contributed by atoms with Gasteiger partial charge in [-0.1, -0.05) is 6.92 Å². The Bertz CT molecular complexity index is 138. The van der Waals surface area contributed by atoms with Crippen molar-refractivity contribution in [1.82, 2.24) is 10.6 Å². The number of nitrogens with one attached hydrogen (secondary N) is 2. The number of thioether (sulfide) groups is 1. The minimum atomic E-state index is 0.449. The third-order valence-corrected chi connectivity index (χ3v) is 4.12. The molecule has 2 rings (SSSR count). The first kappa shape index (κ1) is 7.90. The minimum Gasteiger partial charge on any atom is -0.317 e. The fourth-order valence-electron chi connectivity index (χ4n) is 1.92. The third kappa shape index (κ3) is 1.55. The van der Waals surface area contributed by atoms with Crippen LogP contribution in [0.2, 0.25) is 0 Å². The fourth-order valence-corrected chi connectivity index (χ4v) is 3.47. The van der Waals surface area contributed by atoms with Gasteiger partial charge in [0.05, 0.1) is 4.87 Å². The fraction of sp³-hybridized carbons (Fsp3) is 1.00. The van der Waals surface area contributed by atoms with Crippen LogP contribution in [0.15, 0.2) is 0 Å². The summed E-state index contributed by atoms with van der Waals surface area (Å²) in [6.45, 7) is 5.89. The van der Waals surface area contributed by atoms with Gasteiger partial charge in [-0.25, -0.2) is 0 Å². The van der Waals surface area contributed by atoms with Gasteiger partial charge < -0.3 is 10.6 Å². The van der Waals surface area contributed by atoms with E-state index in [9.17, 15) is 0 Å². The van der Waals surface area contributed by atoms with Crippen molar-refractivity contribution in [3.63, 3.8) is 0 Å². The van der Waals surface area contributed by atoms with Gasteiger partial charge in [-0.15, -0.1) is 11.8 Å². The second-order valence-corrected chi connectivity index (χ2v) is 5.38. The Labute approximate surface area is 72.5 Å². The highest BCUT2D eigenvalue weighted by Crippen LogP contribution is 2.38. The molecule has 2 nitrogen and oxygen atoms in total. The molecule has 0 amide bonds. The lowest BCUT2D eigenvalue weighted by Gasteiger charge is -2.33. The highest BCUT2D eigenvalue weighted by Gasteiger charge is 2.38. The molecule has 0 aliphatic carbocycles. The Hall–Kier alpha value is 0.270. The van der Waals surface area contributed by atoms with Crippen molar-refractivity contribution >= 4 is 11.8 Å². The molecule has 0 aromatic heterocycles. The average molecular weight is 172 g/mol. The molecule has 1 spiro atoms. The molecule has 1 unspecified atom stereocenters. The Morgan fingerprint density at radius 1 is 1.36 bits per heavy atom. The van der Waals surface area contributed by atoms with Crippen LogP contribution in [0.5, 0.6) is 0 Å². The molecule has 1 atom stereocenters. The Morgan fingerprint density at radius 2 is 2.09 bits per heavy atom. The molecule has 0 saturated carbocycles. The number of hydrogen-bond acceptors (Lipinski definition) is 3. The summed E-state index contributed by atoms with van der Waals surface area (Å²) in [6, 6.07) is 0.